The number of hydrogen-bond donors (Lipinski definition) is 1. The van der Waals surface area contributed by atoms with Crippen molar-refractivity contribution in [3.05, 3.63) is 59.7 Å². The molecule has 0 aliphatic carbocycles. The van der Waals surface area contributed by atoms with Crippen molar-refractivity contribution in [3.8, 4) is 11.5 Å². The lowest BCUT2D eigenvalue weighted by atomic mass is 9.89. The molecule has 26 heavy (non-hydrogen) atoms. The van der Waals surface area contributed by atoms with Gasteiger partial charge in [0.2, 0.25) is 0 Å². The van der Waals surface area contributed by atoms with Gasteiger partial charge in [-0.3, -0.25) is 4.79 Å². The standard InChI is InChI=1S/C22H27NO3/c1-5-19(25-16-10-8-9-15(2)13-16)21(24)23-18-14-22(3,4)26-20-12-7-6-11-17(18)20/h6-13,18-19H,5,14H2,1-4H3,(H,23,24)/t18-,19-/m0/s1. The molecule has 1 aliphatic rings. The van der Waals surface area contributed by atoms with Crippen LogP contribution in [0.1, 0.15) is 50.8 Å². The van der Waals surface area contributed by atoms with Crippen LogP contribution in [0.3, 0.4) is 0 Å². The van der Waals surface area contributed by atoms with Crippen LogP contribution in [-0.2, 0) is 4.79 Å². The number of carbonyl (C=O) groups excluding carboxylic acids is 1. The highest BCUT2D eigenvalue weighted by molar-refractivity contribution is 5.81. The second-order valence-corrected chi connectivity index (χ2v) is 7.50. The Kier molecular flexibility index (Phi) is 5.21. The Morgan fingerprint density at radius 1 is 1.27 bits per heavy atom. The van der Waals surface area contributed by atoms with Crippen molar-refractivity contribution in [2.75, 3.05) is 0 Å². The van der Waals surface area contributed by atoms with Crippen LogP contribution < -0.4 is 14.8 Å². The van der Waals surface area contributed by atoms with Crippen molar-refractivity contribution in [1.82, 2.24) is 5.32 Å². The Morgan fingerprint density at radius 3 is 2.77 bits per heavy atom. The van der Waals surface area contributed by atoms with Gasteiger partial charge >= 0.3 is 0 Å². The molecule has 2 aromatic carbocycles. The zero-order chi connectivity index (χ0) is 18.7. The maximum atomic E-state index is 12.9. The molecule has 0 aromatic heterocycles. The van der Waals surface area contributed by atoms with Crippen LogP contribution in [0, 0.1) is 6.92 Å². The van der Waals surface area contributed by atoms with Gasteiger partial charge in [0.1, 0.15) is 17.1 Å². The van der Waals surface area contributed by atoms with Crippen molar-refractivity contribution >= 4 is 5.91 Å². The van der Waals surface area contributed by atoms with Gasteiger partial charge in [0.15, 0.2) is 6.10 Å². The number of fused-ring (bicyclic) bond motifs is 1. The third kappa shape index (κ3) is 4.18. The molecule has 0 radical (unpaired) electrons. The molecule has 4 heteroatoms. The predicted octanol–water partition coefficient (Wildman–Crippen LogP) is 4.57. The fourth-order valence-electron chi connectivity index (χ4n) is 3.37. The van der Waals surface area contributed by atoms with E-state index in [0.717, 1.165) is 29.0 Å². The summed E-state index contributed by atoms with van der Waals surface area (Å²) in [5.74, 6) is 1.47. The summed E-state index contributed by atoms with van der Waals surface area (Å²) in [4.78, 5) is 12.9. The van der Waals surface area contributed by atoms with Gasteiger partial charge in [0, 0.05) is 12.0 Å². The molecule has 0 unspecified atom stereocenters. The van der Waals surface area contributed by atoms with E-state index in [4.69, 9.17) is 9.47 Å². The number of ether oxygens (including phenoxy) is 2. The minimum Gasteiger partial charge on any atom is -0.487 e. The maximum absolute atomic E-state index is 12.9. The first-order chi connectivity index (χ1) is 12.4. The van der Waals surface area contributed by atoms with Crippen molar-refractivity contribution in [1.29, 1.82) is 0 Å². The van der Waals surface area contributed by atoms with Gasteiger partial charge in [-0.15, -0.1) is 0 Å². The van der Waals surface area contributed by atoms with Crippen molar-refractivity contribution in [3.63, 3.8) is 0 Å². The molecule has 1 amide bonds. The fourth-order valence-corrected chi connectivity index (χ4v) is 3.37. The van der Waals surface area contributed by atoms with Crippen LogP contribution in [0.25, 0.3) is 0 Å². The minimum absolute atomic E-state index is 0.0855. The average Bonchev–Trinajstić information content (AvgIpc) is 2.58. The number of benzene rings is 2. The van der Waals surface area contributed by atoms with Crippen LogP contribution in [0.15, 0.2) is 48.5 Å². The highest BCUT2D eigenvalue weighted by Crippen LogP contribution is 2.39. The Hall–Kier alpha value is -2.49. The first-order valence-electron chi connectivity index (χ1n) is 9.19. The average molecular weight is 353 g/mol. The van der Waals surface area contributed by atoms with Gasteiger partial charge in [0.25, 0.3) is 5.91 Å². The number of carbonyl (C=O) groups is 1. The number of para-hydroxylation sites is 1. The van der Waals surface area contributed by atoms with Crippen LogP contribution in [-0.4, -0.2) is 17.6 Å². The molecule has 0 saturated carbocycles. The monoisotopic (exact) mass is 353 g/mol. The predicted molar refractivity (Wildman–Crippen MR) is 103 cm³/mol. The largest absolute Gasteiger partial charge is 0.487 e. The molecule has 138 valence electrons. The van der Waals surface area contributed by atoms with Crippen molar-refractivity contribution < 1.29 is 14.3 Å². The zero-order valence-electron chi connectivity index (χ0n) is 15.9. The Labute approximate surface area is 155 Å². The lowest BCUT2D eigenvalue weighted by Gasteiger charge is -2.38. The van der Waals surface area contributed by atoms with Crippen LogP contribution in [0.2, 0.25) is 0 Å². The van der Waals surface area contributed by atoms with Gasteiger partial charge < -0.3 is 14.8 Å². The summed E-state index contributed by atoms with van der Waals surface area (Å²) in [5, 5.41) is 3.17. The fraction of sp³-hybridized carbons (Fsp3) is 0.409. The van der Waals surface area contributed by atoms with Gasteiger partial charge in [-0.25, -0.2) is 0 Å². The second kappa shape index (κ2) is 7.40. The molecular weight excluding hydrogens is 326 g/mol. The number of hydrogen-bond acceptors (Lipinski definition) is 3. The molecule has 0 spiro atoms. The summed E-state index contributed by atoms with van der Waals surface area (Å²) in [6, 6.07) is 15.6. The first-order valence-corrected chi connectivity index (χ1v) is 9.19. The Morgan fingerprint density at radius 2 is 2.04 bits per heavy atom. The zero-order valence-corrected chi connectivity index (χ0v) is 15.9. The molecule has 0 bridgehead atoms. The Bertz CT molecular complexity index is 784. The molecule has 3 rings (SSSR count). The van der Waals surface area contributed by atoms with E-state index in [1.54, 1.807) is 0 Å². The summed E-state index contributed by atoms with van der Waals surface area (Å²) < 4.78 is 12.0. The van der Waals surface area contributed by atoms with E-state index < -0.39 is 6.10 Å². The summed E-state index contributed by atoms with van der Waals surface area (Å²) in [7, 11) is 0. The van der Waals surface area contributed by atoms with Crippen LogP contribution in [0.4, 0.5) is 0 Å². The maximum Gasteiger partial charge on any atom is 0.261 e. The minimum atomic E-state index is -0.519. The molecule has 1 aliphatic heterocycles. The molecule has 0 fully saturated rings. The number of amides is 1. The van der Waals surface area contributed by atoms with E-state index in [2.05, 4.69) is 5.32 Å². The van der Waals surface area contributed by atoms with E-state index >= 15 is 0 Å². The number of aryl methyl sites for hydroxylation is 1. The van der Waals surface area contributed by atoms with Gasteiger partial charge in [-0.2, -0.15) is 0 Å². The summed E-state index contributed by atoms with van der Waals surface area (Å²) in [6.07, 6.45) is 0.805. The van der Waals surface area contributed by atoms with E-state index in [-0.39, 0.29) is 17.6 Å². The van der Waals surface area contributed by atoms with E-state index in [1.807, 2.05) is 76.2 Å². The smallest absolute Gasteiger partial charge is 0.261 e. The van der Waals surface area contributed by atoms with Gasteiger partial charge in [0.05, 0.1) is 6.04 Å². The molecule has 1 N–H and O–H groups in total. The molecule has 0 saturated heterocycles. The quantitative estimate of drug-likeness (QED) is 0.856. The third-order valence-corrected chi connectivity index (χ3v) is 4.62. The Balaban J connectivity index is 1.75. The summed E-state index contributed by atoms with van der Waals surface area (Å²) in [5.41, 5.74) is 1.80. The molecule has 1 heterocycles. The van der Waals surface area contributed by atoms with E-state index in [0.29, 0.717) is 6.42 Å². The highest BCUT2D eigenvalue weighted by atomic mass is 16.5. The second-order valence-electron chi connectivity index (χ2n) is 7.50. The summed E-state index contributed by atoms with van der Waals surface area (Å²) >= 11 is 0. The molecule has 2 atom stereocenters. The van der Waals surface area contributed by atoms with Crippen LogP contribution in [0.5, 0.6) is 11.5 Å². The lowest BCUT2D eigenvalue weighted by molar-refractivity contribution is -0.129. The topological polar surface area (TPSA) is 47.6 Å². The van der Waals surface area contributed by atoms with Gasteiger partial charge in [-0.05, 0) is 51.0 Å². The SMILES string of the molecule is CC[C@H](Oc1cccc(C)c1)C(=O)N[C@H]1CC(C)(C)Oc2ccccc21. The van der Waals surface area contributed by atoms with E-state index in [9.17, 15) is 4.79 Å². The van der Waals surface area contributed by atoms with Crippen molar-refractivity contribution in [2.45, 2.75) is 58.3 Å². The third-order valence-electron chi connectivity index (χ3n) is 4.62. The first kappa shape index (κ1) is 18.3. The van der Waals surface area contributed by atoms with Crippen molar-refractivity contribution in [2.24, 2.45) is 0 Å². The van der Waals surface area contributed by atoms with E-state index in [1.165, 1.54) is 0 Å². The molecule has 4 nitrogen and oxygen atoms in total. The lowest BCUT2D eigenvalue weighted by Crippen LogP contribution is -2.45. The normalized spacial score (nSPS) is 19.0. The van der Waals surface area contributed by atoms with Crippen LogP contribution >= 0.6 is 0 Å². The molecule has 2 aromatic rings. The number of rotatable bonds is 5. The summed E-state index contributed by atoms with van der Waals surface area (Å²) in [6.45, 7) is 8.06. The highest BCUT2D eigenvalue weighted by Gasteiger charge is 2.35. The number of nitrogens with one attached hydrogen (secondary N) is 1. The van der Waals surface area contributed by atoms with Gasteiger partial charge in [-0.1, -0.05) is 37.3 Å². The molecular formula is C22H27NO3.